The largest absolute Gasteiger partial charge is 0.338 e. The molecule has 0 aliphatic heterocycles. The first-order chi connectivity index (χ1) is 11.5. The van der Waals surface area contributed by atoms with Gasteiger partial charge < -0.3 is 9.84 Å². The Morgan fingerprint density at radius 3 is 2.71 bits per heavy atom. The van der Waals surface area contributed by atoms with Gasteiger partial charge in [-0.3, -0.25) is 4.68 Å². The van der Waals surface area contributed by atoms with Gasteiger partial charge in [0.25, 0.3) is 0 Å². The van der Waals surface area contributed by atoms with Crippen LogP contribution in [0, 0.1) is 13.8 Å². The molecule has 24 heavy (non-hydrogen) atoms. The molecule has 0 spiro atoms. The van der Waals surface area contributed by atoms with E-state index in [-0.39, 0.29) is 12.1 Å². The number of aromatic nitrogens is 4. The third kappa shape index (κ3) is 3.54. The van der Waals surface area contributed by atoms with Crippen molar-refractivity contribution in [3.05, 3.63) is 53.7 Å². The minimum absolute atomic E-state index is 0.220. The van der Waals surface area contributed by atoms with Gasteiger partial charge in [-0.25, -0.2) is 0 Å². The maximum absolute atomic E-state index is 5.37. The molecule has 2 atom stereocenters. The molecule has 0 fully saturated rings. The molecule has 0 aliphatic carbocycles. The van der Waals surface area contributed by atoms with Crippen LogP contribution in [0.2, 0.25) is 0 Å². The van der Waals surface area contributed by atoms with Crippen molar-refractivity contribution >= 4 is 0 Å². The average molecular weight is 325 g/mol. The molecule has 0 bridgehead atoms. The normalized spacial score (nSPS) is 13.8. The molecule has 6 heteroatoms. The summed E-state index contributed by atoms with van der Waals surface area (Å²) in [7, 11) is 0. The molecule has 0 amide bonds. The van der Waals surface area contributed by atoms with Crippen molar-refractivity contribution in [1.29, 1.82) is 0 Å². The van der Waals surface area contributed by atoms with E-state index in [0.717, 1.165) is 16.7 Å². The molecule has 2 aromatic heterocycles. The summed E-state index contributed by atoms with van der Waals surface area (Å²) in [6.07, 6.45) is 3.92. The van der Waals surface area contributed by atoms with Gasteiger partial charge in [0.05, 0.1) is 18.8 Å². The minimum atomic E-state index is 0.220. The van der Waals surface area contributed by atoms with E-state index in [9.17, 15) is 0 Å². The van der Waals surface area contributed by atoms with Gasteiger partial charge in [0.15, 0.2) is 0 Å². The van der Waals surface area contributed by atoms with Crippen LogP contribution in [-0.4, -0.2) is 26.0 Å². The van der Waals surface area contributed by atoms with Crippen LogP contribution in [0.1, 0.15) is 36.9 Å². The predicted molar refractivity (Wildman–Crippen MR) is 92.4 cm³/mol. The van der Waals surface area contributed by atoms with E-state index in [4.69, 9.17) is 4.52 Å². The highest BCUT2D eigenvalue weighted by molar-refractivity contribution is 5.58. The molecule has 0 radical (unpaired) electrons. The standard InChI is InChI=1S/C18H23N5O/c1-12-9-20-23(11-12)15(4)14(3)19-10-17-21-18(22-24-17)16-8-6-5-7-13(16)2/h5-9,11,14-15,19H,10H2,1-4H3/t14-,15-/m1/s1. The van der Waals surface area contributed by atoms with E-state index in [0.29, 0.717) is 18.3 Å². The zero-order chi connectivity index (χ0) is 17.1. The monoisotopic (exact) mass is 325 g/mol. The van der Waals surface area contributed by atoms with Crippen molar-refractivity contribution in [3.8, 4) is 11.4 Å². The van der Waals surface area contributed by atoms with Crippen LogP contribution in [0.4, 0.5) is 0 Å². The summed E-state index contributed by atoms with van der Waals surface area (Å²) in [6.45, 7) is 8.88. The van der Waals surface area contributed by atoms with Crippen molar-refractivity contribution in [1.82, 2.24) is 25.2 Å². The fourth-order valence-corrected chi connectivity index (χ4v) is 2.56. The fraction of sp³-hybridized carbons (Fsp3) is 0.389. The Kier molecular flexibility index (Phi) is 4.76. The topological polar surface area (TPSA) is 68.8 Å². The fourth-order valence-electron chi connectivity index (χ4n) is 2.56. The molecule has 1 N–H and O–H groups in total. The van der Waals surface area contributed by atoms with E-state index in [1.54, 1.807) is 0 Å². The van der Waals surface area contributed by atoms with Crippen LogP contribution in [-0.2, 0) is 6.54 Å². The molecule has 6 nitrogen and oxygen atoms in total. The summed E-state index contributed by atoms with van der Waals surface area (Å²) in [5.41, 5.74) is 3.30. The Bertz CT molecular complexity index is 807. The van der Waals surface area contributed by atoms with E-state index < -0.39 is 0 Å². The first-order valence-corrected chi connectivity index (χ1v) is 8.17. The zero-order valence-electron chi connectivity index (χ0n) is 14.5. The zero-order valence-corrected chi connectivity index (χ0v) is 14.5. The van der Waals surface area contributed by atoms with Crippen molar-refractivity contribution in [2.45, 2.75) is 46.3 Å². The highest BCUT2D eigenvalue weighted by Crippen LogP contribution is 2.20. The molecular weight excluding hydrogens is 302 g/mol. The smallest absolute Gasteiger partial charge is 0.240 e. The molecule has 0 aliphatic rings. The lowest BCUT2D eigenvalue weighted by Gasteiger charge is -2.20. The highest BCUT2D eigenvalue weighted by atomic mass is 16.5. The van der Waals surface area contributed by atoms with Gasteiger partial charge in [-0.15, -0.1) is 0 Å². The number of rotatable bonds is 6. The lowest BCUT2D eigenvalue weighted by molar-refractivity contribution is 0.325. The van der Waals surface area contributed by atoms with Crippen molar-refractivity contribution < 1.29 is 4.52 Å². The predicted octanol–water partition coefficient (Wildman–Crippen LogP) is 3.29. The molecule has 0 saturated heterocycles. The quantitative estimate of drug-likeness (QED) is 0.753. The first-order valence-electron chi connectivity index (χ1n) is 8.17. The van der Waals surface area contributed by atoms with Crippen LogP contribution in [0.5, 0.6) is 0 Å². The van der Waals surface area contributed by atoms with Gasteiger partial charge in [-0.2, -0.15) is 10.1 Å². The summed E-state index contributed by atoms with van der Waals surface area (Å²) in [5, 5.41) is 11.9. The van der Waals surface area contributed by atoms with E-state index in [1.807, 2.05) is 55.2 Å². The molecule has 2 heterocycles. The maximum Gasteiger partial charge on any atom is 0.240 e. The Balaban J connectivity index is 1.62. The second-order valence-corrected chi connectivity index (χ2v) is 6.23. The van der Waals surface area contributed by atoms with Crippen LogP contribution < -0.4 is 5.32 Å². The number of hydrogen-bond donors (Lipinski definition) is 1. The lowest BCUT2D eigenvalue weighted by Crippen LogP contribution is -2.33. The molecule has 126 valence electrons. The van der Waals surface area contributed by atoms with Crippen LogP contribution >= 0.6 is 0 Å². The molecular formula is C18H23N5O. The molecule has 3 aromatic rings. The summed E-state index contributed by atoms with van der Waals surface area (Å²) >= 11 is 0. The van der Waals surface area contributed by atoms with Crippen LogP contribution in [0.3, 0.4) is 0 Å². The van der Waals surface area contributed by atoms with Gasteiger partial charge >= 0.3 is 0 Å². The molecule has 1 aromatic carbocycles. The average Bonchev–Trinajstić information content (AvgIpc) is 3.21. The highest BCUT2D eigenvalue weighted by Gasteiger charge is 2.16. The summed E-state index contributed by atoms with van der Waals surface area (Å²) < 4.78 is 7.34. The number of nitrogens with one attached hydrogen (secondary N) is 1. The third-order valence-electron chi connectivity index (χ3n) is 4.30. The molecule has 3 rings (SSSR count). The number of benzene rings is 1. The van der Waals surface area contributed by atoms with Gasteiger partial charge in [-0.05, 0) is 38.8 Å². The van der Waals surface area contributed by atoms with Crippen molar-refractivity contribution in [3.63, 3.8) is 0 Å². The van der Waals surface area contributed by atoms with Crippen LogP contribution in [0.15, 0.2) is 41.2 Å². The number of hydrogen-bond acceptors (Lipinski definition) is 5. The maximum atomic E-state index is 5.37. The van der Waals surface area contributed by atoms with Crippen molar-refractivity contribution in [2.75, 3.05) is 0 Å². The third-order valence-corrected chi connectivity index (χ3v) is 4.30. The van der Waals surface area contributed by atoms with E-state index in [1.165, 1.54) is 0 Å². The van der Waals surface area contributed by atoms with Crippen LogP contribution in [0.25, 0.3) is 11.4 Å². The number of nitrogens with zero attached hydrogens (tertiary/aromatic N) is 4. The first kappa shape index (κ1) is 16.4. The van der Waals surface area contributed by atoms with Gasteiger partial charge in [0.2, 0.25) is 11.7 Å². The Hall–Kier alpha value is -2.47. The Morgan fingerprint density at radius 1 is 1.21 bits per heavy atom. The second-order valence-electron chi connectivity index (χ2n) is 6.23. The number of aryl methyl sites for hydroxylation is 2. The Labute approximate surface area is 141 Å². The minimum Gasteiger partial charge on any atom is -0.338 e. The van der Waals surface area contributed by atoms with E-state index >= 15 is 0 Å². The Morgan fingerprint density at radius 2 is 2.00 bits per heavy atom. The SMILES string of the molecule is Cc1cnn([C@H](C)[C@@H](C)NCc2nc(-c3ccccc3C)no2)c1. The van der Waals surface area contributed by atoms with E-state index in [2.05, 4.69) is 34.4 Å². The summed E-state index contributed by atoms with van der Waals surface area (Å²) in [5.74, 6) is 1.22. The van der Waals surface area contributed by atoms with Gasteiger partial charge in [-0.1, -0.05) is 29.4 Å². The molecule has 0 unspecified atom stereocenters. The van der Waals surface area contributed by atoms with Crippen molar-refractivity contribution in [2.24, 2.45) is 0 Å². The summed E-state index contributed by atoms with van der Waals surface area (Å²) in [4.78, 5) is 4.49. The van der Waals surface area contributed by atoms with Gasteiger partial charge in [0.1, 0.15) is 0 Å². The second kappa shape index (κ2) is 6.97. The summed E-state index contributed by atoms with van der Waals surface area (Å²) in [6, 6.07) is 8.48. The van der Waals surface area contributed by atoms with Gasteiger partial charge in [0, 0.05) is 17.8 Å². The molecule has 0 saturated carbocycles. The lowest BCUT2D eigenvalue weighted by atomic mass is 10.1.